The average Bonchev–Trinajstić information content (AvgIpc) is 2.89. The molecule has 1 N–H and O–H groups in total. The Hall–Kier alpha value is -3.07. The summed E-state index contributed by atoms with van der Waals surface area (Å²) in [5.41, 5.74) is 2.88. The molecular weight excluding hydrogens is 569 g/mol. The maximum absolute atomic E-state index is 14.0. The summed E-state index contributed by atoms with van der Waals surface area (Å²) in [5, 5.41) is 3.31. The fourth-order valence-electron chi connectivity index (χ4n) is 3.97. The van der Waals surface area contributed by atoms with Crippen LogP contribution in [0.25, 0.3) is 0 Å². The minimum Gasteiger partial charge on any atom is -0.354 e. The number of carbonyl (C=O) groups is 2. The van der Waals surface area contributed by atoms with E-state index in [9.17, 15) is 18.0 Å². The number of aryl methyl sites for hydroxylation is 2. The van der Waals surface area contributed by atoms with Crippen molar-refractivity contribution in [2.75, 3.05) is 17.4 Å². The topological polar surface area (TPSA) is 86.8 Å². The quantitative estimate of drug-likeness (QED) is 0.291. The highest BCUT2D eigenvalue weighted by molar-refractivity contribution is 7.92. The second-order valence-electron chi connectivity index (χ2n) is 10.3. The van der Waals surface area contributed by atoms with Crippen molar-refractivity contribution in [3.63, 3.8) is 0 Å². The number of hydrogen-bond acceptors (Lipinski definition) is 4. The van der Waals surface area contributed by atoms with Crippen molar-refractivity contribution < 1.29 is 18.0 Å². The Bertz CT molecular complexity index is 1420. The van der Waals surface area contributed by atoms with Crippen molar-refractivity contribution in [1.29, 1.82) is 0 Å². The summed E-state index contributed by atoms with van der Waals surface area (Å²) in [4.78, 5) is 28.4. The zero-order chi connectivity index (χ0) is 29.6. The van der Waals surface area contributed by atoms with E-state index < -0.39 is 28.5 Å². The lowest BCUT2D eigenvalue weighted by molar-refractivity contribution is -0.139. The van der Waals surface area contributed by atoms with Crippen LogP contribution in [0.2, 0.25) is 10.0 Å². The maximum atomic E-state index is 14.0. The van der Waals surface area contributed by atoms with Crippen molar-refractivity contribution in [2.24, 2.45) is 5.92 Å². The molecule has 0 aliphatic carbocycles. The third kappa shape index (κ3) is 8.22. The molecule has 0 aromatic heterocycles. The standard InChI is InChI=1S/C30H35Cl2N3O4S/c1-20(2)17-33-30(37)23(5)34(18-24-10-6-21(3)7-11-24)29(36)19-35(27-15-25(31)14-26(32)16-27)40(38,39)28-12-8-22(4)9-13-28/h6-16,20,23H,17-19H2,1-5H3,(H,33,37)/t23-/m0/s1. The predicted octanol–water partition coefficient (Wildman–Crippen LogP) is 6.00. The van der Waals surface area contributed by atoms with Gasteiger partial charge >= 0.3 is 0 Å². The van der Waals surface area contributed by atoms with E-state index in [2.05, 4.69) is 5.32 Å². The fraction of sp³-hybridized carbons (Fsp3) is 0.333. The van der Waals surface area contributed by atoms with E-state index in [-0.39, 0.29) is 39.0 Å². The van der Waals surface area contributed by atoms with Gasteiger partial charge in [0.05, 0.1) is 10.6 Å². The smallest absolute Gasteiger partial charge is 0.264 e. The number of hydrogen-bond donors (Lipinski definition) is 1. The van der Waals surface area contributed by atoms with Gasteiger partial charge in [-0.05, 0) is 62.6 Å². The number of anilines is 1. The number of sulfonamides is 1. The highest BCUT2D eigenvalue weighted by Crippen LogP contribution is 2.30. The van der Waals surface area contributed by atoms with Crippen LogP contribution in [0.1, 0.15) is 37.5 Å². The number of nitrogens with one attached hydrogen (secondary N) is 1. The third-order valence-electron chi connectivity index (χ3n) is 6.35. The summed E-state index contributed by atoms with van der Waals surface area (Å²) in [7, 11) is -4.21. The first-order valence-corrected chi connectivity index (χ1v) is 15.2. The molecule has 10 heteroatoms. The average molecular weight is 605 g/mol. The summed E-state index contributed by atoms with van der Waals surface area (Å²) in [6.45, 7) is 9.39. The van der Waals surface area contributed by atoms with E-state index in [1.807, 2.05) is 52.0 Å². The molecule has 0 radical (unpaired) electrons. The van der Waals surface area contributed by atoms with Crippen molar-refractivity contribution >= 4 is 50.7 Å². The maximum Gasteiger partial charge on any atom is 0.264 e. The van der Waals surface area contributed by atoms with Gasteiger partial charge in [0.25, 0.3) is 10.0 Å². The molecule has 0 fully saturated rings. The second kappa shape index (κ2) is 13.5. The van der Waals surface area contributed by atoms with Gasteiger partial charge in [-0.15, -0.1) is 0 Å². The van der Waals surface area contributed by atoms with Gasteiger partial charge in [0.1, 0.15) is 12.6 Å². The Labute approximate surface area is 247 Å². The Morgan fingerprint density at radius 1 is 0.850 bits per heavy atom. The summed E-state index contributed by atoms with van der Waals surface area (Å²) in [6.07, 6.45) is 0. The lowest BCUT2D eigenvalue weighted by Gasteiger charge is -2.32. The van der Waals surface area contributed by atoms with Gasteiger partial charge in [0.15, 0.2) is 0 Å². The third-order valence-corrected chi connectivity index (χ3v) is 8.57. The number of amides is 2. The summed E-state index contributed by atoms with van der Waals surface area (Å²) >= 11 is 12.5. The molecule has 0 saturated heterocycles. The van der Waals surface area contributed by atoms with Gasteiger partial charge in [0.2, 0.25) is 11.8 Å². The van der Waals surface area contributed by atoms with Gasteiger partial charge in [-0.1, -0.05) is 84.6 Å². The summed E-state index contributed by atoms with van der Waals surface area (Å²) in [5.74, 6) is -0.660. The van der Waals surface area contributed by atoms with Crippen LogP contribution in [0.4, 0.5) is 5.69 Å². The normalized spacial score (nSPS) is 12.2. The summed E-state index contributed by atoms with van der Waals surface area (Å²) < 4.78 is 28.8. The van der Waals surface area contributed by atoms with Crippen LogP contribution < -0.4 is 9.62 Å². The molecule has 0 aliphatic heterocycles. The molecule has 0 unspecified atom stereocenters. The van der Waals surface area contributed by atoms with Gasteiger partial charge in [-0.2, -0.15) is 0 Å². The van der Waals surface area contributed by atoms with Gasteiger partial charge < -0.3 is 10.2 Å². The van der Waals surface area contributed by atoms with E-state index in [4.69, 9.17) is 23.2 Å². The zero-order valence-corrected chi connectivity index (χ0v) is 25.6. The molecule has 7 nitrogen and oxygen atoms in total. The highest BCUT2D eigenvalue weighted by Gasteiger charge is 2.33. The molecule has 0 aliphatic rings. The lowest BCUT2D eigenvalue weighted by Crippen LogP contribution is -2.51. The van der Waals surface area contributed by atoms with Gasteiger partial charge in [-0.25, -0.2) is 8.42 Å². The summed E-state index contributed by atoms with van der Waals surface area (Å²) in [6, 6.07) is 17.4. The Morgan fingerprint density at radius 3 is 1.90 bits per heavy atom. The zero-order valence-electron chi connectivity index (χ0n) is 23.3. The molecule has 0 spiro atoms. The predicted molar refractivity (Wildman–Crippen MR) is 161 cm³/mol. The molecule has 40 heavy (non-hydrogen) atoms. The monoisotopic (exact) mass is 603 g/mol. The van der Waals surface area contributed by atoms with E-state index in [1.165, 1.54) is 35.2 Å². The molecular formula is C30H35Cl2N3O4S. The number of rotatable bonds is 11. The molecule has 0 bridgehead atoms. The minimum absolute atomic E-state index is 0.00908. The molecule has 0 saturated carbocycles. The first-order valence-electron chi connectivity index (χ1n) is 13.0. The van der Waals surface area contributed by atoms with Crippen LogP contribution in [0.3, 0.4) is 0 Å². The number of halogens is 2. The molecule has 0 heterocycles. The van der Waals surface area contributed by atoms with Crippen molar-refractivity contribution in [2.45, 2.75) is 52.1 Å². The van der Waals surface area contributed by atoms with Crippen molar-refractivity contribution in [1.82, 2.24) is 10.2 Å². The minimum atomic E-state index is -4.21. The molecule has 3 aromatic rings. The van der Waals surface area contributed by atoms with Gasteiger partial charge in [0, 0.05) is 23.1 Å². The Kier molecular flexibility index (Phi) is 10.6. The van der Waals surface area contributed by atoms with Crippen LogP contribution in [-0.4, -0.2) is 44.3 Å². The number of benzene rings is 3. The van der Waals surface area contributed by atoms with Crippen molar-refractivity contribution in [3.05, 3.63) is 93.5 Å². The molecule has 214 valence electrons. The largest absolute Gasteiger partial charge is 0.354 e. The number of carbonyl (C=O) groups excluding carboxylic acids is 2. The van der Waals surface area contributed by atoms with Crippen molar-refractivity contribution in [3.8, 4) is 0 Å². The fourth-order valence-corrected chi connectivity index (χ4v) is 5.89. The lowest BCUT2D eigenvalue weighted by atomic mass is 10.1. The van der Waals surface area contributed by atoms with Crippen LogP contribution >= 0.6 is 23.2 Å². The van der Waals surface area contributed by atoms with Gasteiger partial charge in [-0.3, -0.25) is 13.9 Å². The van der Waals surface area contributed by atoms with E-state index >= 15 is 0 Å². The molecule has 3 rings (SSSR count). The Balaban J connectivity index is 2.04. The SMILES string of the molecule is Cc1ccc(CN(C(=O)CN(c2cc(Cl)cc(Cl)c2)S(=O)(=O)c2ccc(C)cc2)[C@@H](C)C(=O)NCC(C)C)cc1. The first kappa shape index (κ1) is 31.5. The highest BCUT2D eigenvalue weighted by atomic mass is 35.5. The van der Waals surface area contributed by atoms with Crippen LogP contribution in [0.15, 0.2) is 71.6 Å². The van der Waals surface area contributed by atoms with Crippen LogP contribution in [-0.2, 0) is 26.2 Å². The molecule has 1 atom stereocenters. The molecule has 3 aromatic carbocycles. The van der Waals surface area contributed by atoms with Crippen LogP contribution in [0, 0.1) is 19.8 Å². The molecule has 2 amide bonds. The van der Waals surface area contributed by atoms with E-state index in [0.29, 0.717) is 6.54 Å². The number of nitrogens with zero attached hydrogens (tertiary/aromatic N) is 2. The first-order chi connectivity index (χ1) is 18.8. The second-order valence-corrected chi connectivity index (χ2v) is 13.0. The van der Waals surface area contributed by atoms with E-state index in [0.717, 1.165) is 21.0 Å². The van der Waals surface area contributed by atoms with E-state index in [1.54, 1.807) is 19.1 Å². The van der Waals surface area contributed by atoms with Crippen LogP contribution in [0.5, 0.6) is 0 Å². The Morgan fingerprint density at radius 2 is 1.38 bits per heavy atom.